The van der Waals surface area contributed by atoms with Crippen molar-refractivity contribution in [3.05, 3.63) is 23.9 Å². The van der Waals surface area contributed by atoms with E-state index >= 15 is 0 Å². The quantitative estimate of drug-likeness (QED) is 0.649. The van der Waals surface area contributed by atoms with Crippen LogP contribution in [0.4, 0.5) is 0 Å². The maximum atomic E-state index is 9.28. The third kappa shape index (κ3) is 1.46. The van der Waals surface area contributed by atoms with Gasteiger partial charge in [-0.15, -0.1) is 0 Å². The molecule has 1 N–H and O–H groups in total. The van der Waals surface area contributed by atoms with Gasteiger partial charge in [0.2, 0.25) is 5.76 Å². The zero-order valence-corrected chi connectivity index (χ0v) is 6.40. The number of methoxy groups -OCH3 is 2. The third-order valence-corrected chi connectivity index (χ3v) is 1.33. The fourth-order valence-electron chi connectivity index (χ4n) is 0.778. The van der Waals surface area contributed by atoms with Gasteiger partial charge in [0.25, 0.3) is 6.29 Å². The molecule has 4 nitrogen and oxygen atoms in total. The van der Waals surface area contributed by atoms with Gasteiger partial charge in [-0.1, -0.05) is 0 Å². The molecule has 1 heterocycles. The van der Waals surface area contributed by atoms with E-state index < -0.39 is 6.29 Å². The molecule has 0 aromatic heterocycles. The first kappa shape index (κ1) is 7.94. The number of hydrogen-bond acceptors (Lipinski definition) is 4. The van der Waals surface area contributed by atoms with Crippen molar-refractivity contribution >= 4 is 0 Å². The average molecular weight is 158 g/mol. The van der Waals surface area contributed by atoms with E-state index in [2.05, 4.69) is 0 Å². The molecule has 1 aliphatic rings. The molecule has 1 aliphatic heterocycles. The molecule has 1 atom stereocenters. The molecule has 0 aromatic rings. The van der Waals surface area contributed by atoms with Crippen LogP contribution >= 0.6 is 0 Å². The van der Waals surface area contributed by atoms with E-state index in [0.29, 0.717) is 5.76 Å². The van der Waals surface area contributed by atoms with Gasteiger partial charge in [0.1, 0.15) is 0 Å². The number of aliphatic hydroxyl groups excluding tert-OH is 1. The number of rotatable bonds is 2. The Morgan fingerprint density at radius 2 is 2.27 bits per heavy atom. The van der Waals surface area contributed by atoms with Crippen LogP contribution in [0.15, 0.2) is 23.9 Å². The van der Waals surface area contributed by atoms with Crippen molar-refractivity contribution in [3.8, 4) is 0 Å². The minimum Gasteiger partial charge on any atom is -0.504 e. The number of aliphatic hydroxyl groups is 1. The van der Waals surface area contributed by atoms with Crippen molar-refractivity contribution in [1.82, 2.24) is 0 Å². The van der Waals surface area contributed by atoms with Crippen molar-refractivity contribution in [2.75, 3.05) is 14.2 Å². The van der Waals surface area contributed by atoms with Crippen molar-refractivity contribution in [3.63, 3.8) is 0 Å². The van der Waals surface area contributed by atoms with Crippen molar-refractivity contribution < 1.29 is 19.3 Å². The van der Waals surface area contributed by atoms with Gasteiger partial charge >= 0.3 is 0 Å². The summed E-state index contributed by atoms with van der Waals surface area (Å²) in [6.45, 7) is 0. The molecule has 4 heteroatoms. The first-order valence-electron chi connectivity index (χ1n) is 3.11. The summed E-state index contributed by atoms with van der Waals surface area (Å²) in [6, 6.07) is 0. The van der Waals surface area contributed by atoms with Gasteiger partial charge in [-0.25, -0.2) is 0 Å². The molecule has 0 saturated heterocycles. The summed E-state index contributed by atoms with van der Waals surface area (Å²) in [5.41, 5.74) is 0. The second kappa shape index (κ2) is 3.30. The summed E-state index contributed by atoms with van der Waals surface area (Å²) in [5, 5.41) is 9.28. The highest BCUT2D eigenvalue weighted by atomic mass is 16.7. The second-order valence-corrected chi connectivity index (χ2v) is 1.96. The SMILES string of the molecule is COC1=C(O)C(OC)OC=C1. The van der Waals surface area contributed by atoms with Crippen LogP contribution in [0.25, 0.3) is 0 Å². The highest BCUT2D eigenvalue weighted by Gasteiger charge is 2.20. The van der Waals surface area contributed by atoms with Crippen molar-refractivity contribution in [2.24, 2.45) is 0 Å². The zero-order chi connectivity index (χ0) is 8.27. The van der Waals surface area contributed by atoms with E-state index in [-0.39, 0.29) is 5.76 Å². The summed E-state index contributed by atoms with van der Waals surface area (Å²) in [4.78, 5) is 0. The smallest absolute Gasteiger partial charge is 0.261 e. The molecule has 0 amide bonds. The number of allylic oxidation sites excluding steroid dienone is 1. The summed E-state index contributed by atoms with van der Waals surface area (Å²) >= 11 is 0. The van der Waals surface area contributed by atoms with Crippen LogP contribution in [-0.2, 0) is 14.2 Å². The van der Waals surface area contributed by atoms with E-state index in [1.165, 1.54) is 26.6 Å². The summed E-state index contributed by atoms with van der Waals surface area (Å²) in [5.74, 6) is 0.320. The second-order valence-electron chi connectivity index (χ2n) is 1.96. The summed E-state index contributed by atoms with van der Waals surface area (Å²) < 4.78 is 14.5. The van der Waals surface area contributed by atoms with Gasteiger partial charge < -0.3 is 19.3 Å². The summed E-state index contributed by atoms with van der Waals surface area (Å²) in [6.07, 6.45) is 2.19. The van der Waals surface area contributed by atoms with Crippen LogP contribution in [0.2, 0.25) is 0 Å². The third-order valence-electron chi connectivity index (χ3n) is 1.33. The van der Waals surface area contributed by atoms with Crippen LogP contribution in [0, 0.1) is 0 Å². The Morgan fingerprint density at radius 3 is 2.82 bits per heavy atom. The Morgan fingerprint density at radius 1 is 1.55 bits per heavy atom. The highest BCUT2D eigenvalue weighted by molar-refractivity contribution is 5.18. The van der Waals surface area contributed by atoms with E-state index in [9.17, 15) is 5.11 Å². The molecule has 0 aromatic carbocycles. The lowest BCUT2D eigenvalue weighted by Crippen LogP contribution is -2.19. The lowest BCUT2D eigenvalue weighted by atomic mass is 10.3. The molecular weight excluding hydrogens is 148 g/mol. The van der Waals surface area contributed by atoms with Gasteiger partial charge in [0.05, 0.1) is 13.4 Å². The first-order valence-corrected chi connectivity index (χ1v) is 3.11. The molecule has 0 bridgehead atoms. The molecular formula is C7H10O4. The van der Waals surface area contributed by atoms with E-state index in [1.807, 2.05) is 0 Å². The Hall–Kier alpha value is -1.16. The van der Waals surface area contributed by atoms with Gasteiger partial charge in [0, 0.05) is 13.2 Å². The minimum atomic E-state index is -0.741. The molecule has 0 spiro atoms. The lowest BCUT2D eigenvalue weighted by molar-refractivity contribution is -0.0856. The molecule has 0 aliphatic carbocycles. The highest BCUT2D eigenvalue weighted by Crippen LogP contribution is 2.17. The standard InChI is InChI=1S/C7H10O4/c1-9-5-3-4-11-7(10-2)6(5)8/h3-4,7-8H,1-2H3. The van der Waals surface area contributed by atoms with Crippen LogP contribution in [0.3, 0.4) is 0 Å². The maximum Gasteiger partial charge on any atom is 0.261 e. The normalized spacial score (nSPS) is 23.3. The molecule has 1 rings (SSSR count). The minimum absolute atomic E-state index is 0.0440. The lowest BCUT2D eigenvalue weighted by Gasteiger charge is -2.18. The molecule has 62 valence electrons. The monoisotopic (exact) mass is 158 g/mol. The van der Waals surface area contributed by atoms with Crippen LogP contribution < -0.4 is 0 Å². The fourth-order valence-corrected chi connectivity index (χ4v) is 0.778. The number of hydrogen-bond donors (Lipinski definition) is 1. The fraction of sp³-hybridized carbons (Fsp3) is 0.429. The van der Waals surface area contributed by atoms with Gasteiger partial charge in [-0.3, -0.25) is 0 Å². The van der Waals surface area contributed by atoms with E-state index in [0.717, 1.165) is 0 Å². The van der Waals surface area contributed by atoms with Gasteiger partial charge in [-0.05, 0) is 0 Å². The number of ether oxygens (including phenoxy) is 3. The van der Waals surface area contributed by atoms with Gasteiger partial charge in [0.15, 0.2) is 5.76 Å². The molecule has 0 saturated carbocycles. The van der Waals surface area contributed by atoms with Gasteiger partial charge in [-0.2, -0.15) is 0 Å². The topological polar surface area (TPSA) is 47.9 Å². The van der Waals surface area contributed by atoms with E-state index in [4.69, 9.17) is 14.2 Å². The molecule has 0 radical (unpaired) electrons. The maximum absolute atomic E-state index is 9.28. The van der Waals surface area contributed by atoms with Crippen molar-refractivity contribution in [2.45, 2.75) is 6.29 Å². The van der Waals surface area contributed by atoms with Crippen LogP contribution in [0.5, 0.6) is 0 Å². The summed E-state index contributed by atoms with van der Waals surface area (Å²) in [7, 11) is 2.90. The molecule has 0 fully saturated rings. The molecule has 1 unspecified atom stereocenters. The largest absolute Gasteiger partial charge is 0.504 e. The first-order chi connectivity index (χ1) is 5.29. The predicted octanol–water partition coefficient (Wildman–Crippen LogP) is 0.919. The Labute approximate surface area is 64.7 Å². The van der Waals surface area contributed by atoms with Crippen molar-refractivity contribution in [1.29, 1.82) is 0 Å². The zero-order valence-electron chi connectivity index (χ0n) is 6.40. The van der Waals surface area contributed by atoms with Crippen LogP contribution in [-0.4, -0.2) is 25.6 Å². The predicted molar refractivity (Wildman–Crippen MR) is 37.7 cm³/mol. The van der Waals surface area contributed by atoms with E-state index in [1.54, 1.807) is 0 Å². The average Bonchev–Trinajstić information content (AvgIpc) is 2.05. The Balaban J connectivity index is 2.78. The Bertz CT molecular complexity index is 195. The van der Waals surface area contributed by atoms with Crippen LogP contribution in [0.1, 0.15) is 0 Å². The molecule has 11 heavy (non-hydrogen) atoms. The Kier molecular flexibility index (Phi) is 2.38.